The molecule has 0 saturated carbocycles. The summed E-state index contributed by atoms with van der Waals surface area (Å²) in [4.78, 5) is 31.7. The van der Waals surface area contributed by atoms with Crippen LogP contribution in [-0.2, 0) is 18.4 Å². The van der Waals surface area contributed by atoms with Crippen molar-refractivity contribution in [3.8, 4) is 22.9 Å². The number of aromatic nitrogens is 5. The fourth-order valence-corrected chi connectivity index (χ4v) is 5.02. The first-order chi connectivity index (χ1) is 17.5. The van der Waals surface area contributed by atoms with Crippen molar-refractivity contribution in [2.75, 3.05) is 18.4 Å². The Morgan fingerprint density at radius 2 is 2.11 bits per heavy atom. The molecule has 0 spiro atoms. The van der Waals surface area contributed by atoms with Crippen molar-refractivity contribution in [1.82, 2.24) is 29.4 Å². The number of rotatable bonds is 4. The number of carbonyl (C=O) groups excluding carboxylic acids is 1. The van der Waals surface area contributed by atoms with Gasteiger partial charge in [0.15, 0.2) is 0 Å². The predicted molar refractivity (Wildman–Crippen MR) is 137 cm³/mol. The van der Waals surface area contributed by atoms with Crippen molar-refractivity contribution in [2.24, 2.45) is 7.05 Å². The zero-order valence-electron chi connectivity index (χ0n) is 20.2. The largest absolute Gasteiger partial charge is 0.424 e. The highest BCUT2D eigenvalue weighted by molar-refractivity contribution is 6.08. The number of hydrogen-bond acceptors (Lipinski definition) is 7. The van der Waals surface area contributed by atoms with E-state index in [-0.39, 0.29) is 5.91 Å². The molecule has 0 fully saturated rings. The molecule has 6 rings (SSSR count). The van der Waals surface area contributed by atoms with Crippen LogP contribution in [0.4, 0.5) is 5.82 Å². The zero-order chi connectivity index (χ0) is 24.8. The Labute approximate surface area is 208 Å². The number of anilines is 1. The van der Waals surface area contributed by atoms with E-state index in [1.54, 1.807) is 17.4 Å². The van der Waals surface area contributed by atoms with Crippen molar-refractivity contribution in [3.05, 3.63) is 72.5 Å². The Hall–Kier alpha value is -4.53. The van der Waals surface area contributed by atoms with E-state index in [0.29, 0.717) is 31.4 Å². The molecule has 4 aromatic rings. The molecular formula is C27H25N7O2. The van der Waals surface area contributed by atoms with Crippen LogP contribution in [0.15, 0.2) is 55.5 Å². The fourth-order valence-electron chi connectivity index (χ4n) is 5.02. The van der Waals surface area contributed by atoms with E-state index in [2.05, 4.69) is 48.5 Å². The van der Waals surface area contributed by atoms with Crippen LogP contribution in [0, 0.1) is 6.92 Å². The molecule has 9 heteroatoms. The molecular weight excluding hydrogens is 454 g/mol. The molecule has 9 nitrogen and oxygen atoms in total. The molecule has 5 heterocycles. The third kappa shape index (κ3) is 3.60. The predicted octanol–water partition coefficient (Wildman–Crippen LogP) is 4.25. The molecule has 1 N–H and O–H groups in total. The Balaban J connectivity index is 1.47. The average Bonchev–Trinajstić information content (AvgIpc) is 3.09. The summed E-state index contributed by atoms with van der Waals surface area (Å²) in [5.74, 6) is 1.42. The van der Waals surface area contributed by atoms with Crippen LogP contribution in [-0.4, -0.2) is 48.4 Å². The minimum Gasteiger partial charge on any atom is -0.424 e. The van der Waals surface area contributed by atoms with Gasteiger partial charge < -0.3 is 19.5 Å². The number of amides is 1. The van der Waals surface area contributed by atoms with Gasteiger partial charge in [0.1, 0.15) is 23.5 Å². The SMILES string of the molecule is C=CC(=O)N1CC=C(c2c3c4c(ncnc4n2C)NCc2cc(Oc4nccc(C)n4)ccc2-3)CC1. The Kier molecular flexibility index (Phi) is 5.25. The maximum Gasteiger partial charge on any atom is 0.322 e. The molecule has 36 heavy (non-hydrogen) atoms. The van der Waals surface area contributed by atoms with Gasteiger partial charge in [-0.25, -0.2) is 19.9 Å². The van der Waals surface area contributed by atoms with Crippen molar-refractivity contribution in [2.45, 2.75) is 19.9 Å². The van der Waals surface area contributed by atoms with Gasteiger partial charge in [-0.1, -0.05) is 18.7 Å². The molecule has 0 aliphatic carbocycles. The van der Waals surface area contributed by atoms with Gasteiger partial charge in [0, 0.05) is 44.1 Å². The molecule has 2 aliphatic heterocycles. The molecule has 0 bridgehead atoms. The van der Waals surface area contributed by atoms with Crippen molar-refractivity contribution in [1.29, 1.82) is 0 Å². The van der Waals surface area contributed by atoms with Gasteiger partial charge in [-0.2, -0.15) is 0 Å². The summed E-state index contributed by atoms with van der Waals surface area (Å²) in [6.45, 7) is 7.30. The Bertz CT molecular complexity index is 1570. The van der Waals surface area contributed by atoms with Gasteiger partial charge in [-0.3, -0.25) is 4.79 Å². The van der Waals surface area contributed by atoms with E-state index in [4.69, 9.17) is 4.74 Å². The minimum absolute atomic E-state index is 0.0479. The number of fused-ring (bicyclic) bond motifs is 2. The van der Waals surface area contributed by atoms with E-state index >= 15 is 0 Å². The molecule has 0 unspecified atom stereocenters. The van der Waals surface area contributed by atoms with Crippen LogP contribution in [0.2, 0.25) is 0 Å². The first-order valence-electron chi connectivity index (χ1n) is 11.8. The lowest BCUT2D eigenvalue weighted by molar-refractivity contribution is -0.125. The van der Waals surface area contributed by atoms with Crippen molar-refractivity contribution in [3.63, 3.8) is 0 Å². The number of nitrogens with one attached hydrogen (secondary N) is 1. The van der Waals surface area contributed by atoms with Crippen LogP contribution in [0.25, 0.3) is 27.7 Å². The van der Waals surface area contributed by atoms with Crippen molar-refractivity contribution < 1.29 is 9.53 Å². The topological polar surface area (TPSA) is 98.1 Å². The smallest absolute Gasteiger partial charge is 0.322 e. The number of hydrogen-bond donors (Lipinski definition) is 1. The fraction of sp³-hybridized carbons (Fsp3) is 0.222. The van der Waals surface area contributed by atoms with Gasteiger partial charge >= 0.3 is 6.01 Å². The van der Waals surface area contributed by atoms with Crippen LogP contribution in [0.1, 0.15) is 23.4 Å². The van der Waals surface area contributed by atoms with Crippen LogP contribution in [0.5, 0.6) is 11.8 Å². The van der Waals surface area contributed by atoms with Gasteiger partial charge in [-0.15, -0.1) is 0 Å². The number of benzene rings is 1. The number of ether oxygens (including phenoxy) is 1. The standard InChI is InChI=1S/C27H25N7O2/c1-4-21(35)34-11-8-17(9-12-34)24-22-20-6-5-19(36-27-28-10-7-16(2)32-27)13-18(20)14-29-25-23(22)26(33(24)3)31-15-30-25/h4-8,10,13,15H,1,9,11-12,14H2,2-3H3,(H,29,30,31). The van der Waals surface area contributed by atoms with Gasteiger partial charge in [0.25, 0.3) is 0 Å². The summed E-state index contributed by atoms with van der Waals surface area (Å²) in [6.07, 6.45) is 7.53. The summed E-state index contributed by atoms with van der Waals surface area (Å²) in [5.41, 5.74) is 7.26. The molecule has 180 valence electrons. The van der Waals surface area contributed by atoms with Crippen LogP contribution < -0.4 is 10.1 Å². The highest BCUT2D eigenvalue weighted by Crippen LogP contribution is 2.45. The second kappa shape index (κ2) is 8.60. The minimum atomic E-state index is -0.0479. The summed E-state index contributed by atoms with van der Waals surface area (Å²) in [5, 5.41) is 4.48. The lowest BCUT2D eigenvalue weighted by Crippen LogP contribution is -2.33. The zero-order valence-corrected chi connectivity index (χ0v) is 20.2. The van der Waals surface area contributed by atoms with E-state index in [0.717, 1.165) is 51.4 Å². The third-order valence-electron chi connectivity index (χ3n) is 6.74. The van der Waals surface area contributed by atoms with Crippen LogP contribution >= 0.6 is 0 Å². The number of carbonyl (C=O) groups is 1. The Morgan fingerprint density at radius 1 is 1.22 bits per heavy atom. The second-order valence-electron chi connectivity index (χ2n) is 8.93. The normalized spacial score (nSPS) is 14.5. The van der Waals surface area contributed by atoms with Crippen LogP contribution in [0.3, 0.4) is 0 Å². The maximum absolute atomic E-state index is 12.1. The summed E-state index contributed by atoms with van der Waals surface area (Å²) in [7, 11) is 2.04. The number of nitrogens with zero attached hydrogens (tertiary/aromatic N) is 6. The molecule has 1 aromatic carbocycles. The summed E-state index contributed by atoms with van der Waals surface area (Å²) in [6, 6.07) is 8.21. The highest BCUT2D eigenvalue weighted by Gasteiger charge is 2.28. The maximum atomic E-state index is 12.1. The average molecular weight is 480 g/mol. The lowest BCUT2D eigenvalue weighted by Gasteiger charge is -2.26. The monoisotopic (exact) mass is 479 g/mol. The molecule has 1 amide bonds. The third-order valence-corrected chi connectivity index (χ3v) is 6.74. The molecule has 3 aromatic heterocycles. The van der Waals surface area contributed by atoms with E-state index < -0.39 is 0 Å². The van der Waals surface area contributed by atoms with Gasteiger partial charge in [0.05, 0.1) is 11.1 Å². The van der Waals surface area contributed by atoms with E-state index in [1.807, 2.05) is 32.2 Å². The molecule has 0 atom stereocenters. The summed E-state index contributed by atoms with van der Waals surface area (Å²) >= 11 is 0. The van der Waals surface area contributed by atoms with Gasteiger partial charge in [0.2, 0.25) is 5.91 Å². The first kappa shape index (κ1) is 22.0. The van der Waals surface area contributed by atoms with Crippen molar-refractivity contribution >= 4 is 28.3 Å². The first-order valence-corrected chi connectivity index (χ1v) is 11.8. The summed E-state index contributed by atoms with van der Waals surface area (Å²) < 4.78 is 8.11. The highest BCUT2D eigenvalue weighted by atomic mass is 16.5. The molecule has 2 aliphatic rings. The van der Waals surface area contributed by atoms with E-state index in [9.17, 15) is 4.79 Å². The molecule has 0 radical (unpaired) electrons. The van der Waals surface area contributed by atoms with Gasteiger partial charge in [-0.05, 0) is 54.3 Å². The quantitative estimate of drug-likeness (QED) is 0.437. The second-order valence-corrected chi connectivity index (χ2v) is 8.93. The lowest BCUT2D eigenvalue weighted by atomic mass is 9.93. The molecule has 0 saturated heterocycles. The van der Waals surface area contributed by atoms with E-state index in [1.165, 1.54) is 11.6 Å². The number of aryl methyl sites for hydroxylation is 2. The Morgan fingerprint density at radius 3 is 2.89 bits per heavy atom.